The van der Waals surface area contributed by atoms with Crippen LogP contribution >= 0.6 is 0 Å². The molecule has 2 heteroatoms. The van der Waals surface area contributed by atoms with E-state index in [-0.39, 0.29) is 12.8 Å². The SMILES string of the molecule is Cc1ccc(CO)c(C)c1C.N. The average molecular weight is 167 g/mol. The van der Waals surface area contributed by atoms with Crippen LogP contribution in [-0.2, 0) is 6.61 Å². The molecule has 0 aromatic heterocycles. The number of aliphatic hydroxyl groups is 1. The molecule has 1 rings (SSSR count). The summed E-state index contributed by atoms with van der Waals surface area (Å²) in [4.78, 5) is 0. The summed E-state index contributed by atoms with van der Waals surface area (Å²) >= 11 is 0. The maximum absolute atomic E-state index is 8.93. The highest BCUT2D eigenvalue weighted by Gasteiger charge is 2.00. The van der Waals surface area contributed by atoms with Crippen molar-refractivity contribution in [2.24, 2.45) is 0 Å². The summed E-state index contributed by atoms with van der Waals surface area (Å²) in [6.45, 7) is 6.37. The predicted octanol–water partition coefficient (Wildman–Crippen LogP) is 2.27. The lowest BCUT2D eigenvalue weighted by Crippen LogP contribution is -1.93. The number of aliphatic hydroxyl groups excluding tert-OH is 1. The van der Waals surface area contributed by atoms with E-state index in [0.717, 1.165) is 5.56 Å². The minimum absolute atomic E-state index is 0. The Balaban J connectivity index is 0.00000121. The predicted molar refractivity (Wildman–Crippen MR) is 51.6 cm³/mol. The maximum atomic E-state index is 8.93. The Labute approximate surface area is 73.8 Å². The normalized spacial score (nSPS) is 9.33. The summed E-state index contributed by atoms with van der Waals surface area (Å²) in [5.41, 5.74) is 4.83. The second-order valence-corrected chi connectivity index (χ2v) is 2.95. The fourth-order valence-corrected chi connectivity index (χ4v) is 1.18. The van der Waals surface area contributed by atoms with Crippen molar-refractivity contribution in [3.8, 4) is 0 Å². The Morgan fingerprint density at radius 1 is 1.08 bits per heavy atom. The first-order valence-electron chi connectivity index (χ1n) is 3.83. The highest BCUT2D eigenvalue weighted by molar-refractivity contribution is 5.38. The van der Waals surface area contributed by atoms with E-state index >= 15 is 0 Å². The Hall–Kier alpha value is -0.860. The number of benzene rings is 1. The highest BCUT2D eigenvalue weighted by Crippen LogP contribution is 2.16. The second-order valence-electron chi connectivity index (χ2n) is 2.95. The van der Waals surface area contributed by atoms with Crippen LogP contribution in [0, 0.1) is 20.8 Å². The first-order chi connectivity index (χ1) is 5.16. The number of rotatable bonds is 1. The van der Waals surface area contributed by atoms with E-state index in [4.69, 9.17) is 5.11 Å². The average Bonchev–Trinajstić information content (AvgIpc) is 2.01. The molecule has 1 aromatic rings. The largest absolute Gasteiger partial charge is 0.392 e. The quantitative estimate of drug-likeness (QED) is 0.674. The van der Waals surface area contributed by atoms with Crippen LogP contribution in [0.3, 0.4) is 0 Å². The minimum Gasteiger partial charge on any atom is -0.392 e. The van der Waals surface area contributed by atoms with Crippen molar-refractivity contribution >= 4 is 0 Å². The van der Waals surface area contributed by atoms with Crippen molar-refractivity contribution in [1.29, 1.82) is 0 Å². The molecule has 0 bridgehead atoms. The standard InChI is InChI=1S/C10H14O.H3N/c1-7-4-5-10(6-11)9(3)8(7)2;/h4-5,11H,6H2,1-3H3;1H3. The number of hydrogen-bond donors (Lipinski definition) is 2. The summed E-state index contributed by atoms with van der Waals surface area (Å²) in [6.07, 6.45) is 0. The van der Waals surface area contributed by atoms with Gasteiger partial charge in [-0.1, -0.05) is 12.1 Å². The highest BCUT2D eigenvalue weighted by atomic mass is 16.3. The van der Waals surface area contributed by atoms with Crippen molar-refractivity contribution in [1.82, 2.24) is 6.15 Å². The van der Waals surface area contributed by atoms with Gasteiger partial charge in [0.15, 0.2) is 0 Å². The van der Waals surface area contributed by atoms with E-state index < -0.39 is 0 Å². The van der Waals surface area contributed by atoms with Crippen LogP contribution in [0.25, 0.3) is 0 Å². The molecule has 68 valence electrons. The zero-order valence-corrected chi connectivity index (χ0v) is 8.02. The monoisotopic (exact) mass is 167 g/mol. The molecular formula is C10H17NO. The van der Waals surface area contributed by atoms with Gasteiger partial charge in [0.05, 0.1) is 6.61 Å². The van der Waals surface area contributed by atoms with Crippen molar-refractivity contribution in [2.75, 3.05) is 0 Å². The summed E-state index contributed by atoms with van der Waals surface area (Å²) in [7, 11) is 0. The van der Waals surface area contributed by atoms with Crippen LogP contribution in [0.2, 0.25) is 0 Å². The zero-order chi connectivity index (χ0) is 8.43. The van der Waals surface area contributed by atoms with Crippen LogP contribution in [0.15, 0.2) is 12.1 Å². The van der Waals surface area contributed by atoms with Gasteiger partial charge in [-0.2, -0.15) is 0 Å². The summed E-state index contributed by atoms with van der Waals surface area (Å²) in [5.74, 6) is 0. The van der Waals surface area contributed by atoms with Crippen LogP contribution < -0.4 is 6.15 Å². The molecule has 4 N–H and O–H groups in total. The lowest BCUT2D eigenvalue weighted by Gasteiger charge is -2.08. The lowest BCUT2D eigenvalue weighted by molar-refractivity contribution is 0.281. The summed E-state index contributed by atoms with van der Waals surface area (Å²) in [6, 6.07) is 4.03. The molecule has 0 aliphatic heterocycles. The van der Waals surface area contributed by atoms with Gasteiger partial charge >= 0.3 is 0 Å². The molecule has 0 fully saturated rings. The van der Waals surface area contributed by atoms with Crippen LogP contribution in [0.4, 0.5) is 0 Å². The van der Waals surface area contributed by atoms with Gasteiger partial charge in [0.2, 0.25) is 0 Å². The third kappa shape index (κ3) is 1.84. The van der Waals surface area contributed by atoms with Crippen molar-refractivity contribution < 1.29 is 5.11 Å². The van der Waals surface area contributed by atoms with Gasteiger partial charge in [-0.05, 0) is 43.0 Å². The first-order valence-corrected chi connectivity index (χ1v) is 3.83. The molecule has 0 aliphatic carbocycles. The van der Waals surface area contributed by atoms with Crippen molar-refractivity contribution in [2.45, 2.75) is 27.4 Å². The molecule has 12 heavy (non-hydrogen) atoms. The van der Waals surface area contributed by atoms with E-state index in [1.54, 1.807) is 0 Å². The zero-order valence-electron chi connectivity index (χ0n) is 8.02. The second kappa shape index (κ2) is 4.24. The summed E-state index contributed by atoms with van der Waals surface area (Å²) < 4.78 is 0. The topological polar surface area (TPSA) is 55.2 Å². The van der Waals surface area contributed by atoms with E-state index in [0.29, 0.717) is 0 Å². The molecule has 0 atom stereocenters. The lowest BCUT2D eigenvalue weighted by atomic mass is 9.99. The fourth-order valence-electron chi connectivity index (χ4n) is 1.18. The van der Waals surface area contributed by atoms with Gasteiger partial charge in [0.1, 0.15) is 0 Å². The third-order valence-corrected chi connectivity index (χ3v) is 2.34. The molecule has 0 radical (unpaired) electrons. The van der Waals surface area contributed by atoms with Crippen molar-refractivity contribution in [3.63, 3.8) is 0 Å². The van der Waals surface area contributed by atoms with Gasteiger partial charge in [0.25, 0.3) is 0 Å². The smallest absolute Gasteiger partial charge is 0.0684 e. The number of aryl methyl sites for hydroxylation is 1. The molecule has 0 unspecified atom stereocenters. The van der Waals surface area contributed by atoms with Gasteiger partial charge in [-0.25, -0.2) is 0 Å². The Morgan fingerprint density at radius 3 is 2.17 bits per heavy atom. The van der Waals surface area contributed by atoms with E-state index in [1.165, 1.54) is 16.7 Å². The number of hydrogen-bond acceptors (Lipinski definition) is 2. The first kappa shape index (κ1) is 11.1. The fraction of sp³-hybridized carbons (Fsp3) is 0.400. The van der Waals surface area contributed by atoms with Gasteiger partial charge < -0.3 is 11.3 Å². The Kier molecular flexibility index (Phi) is 3.93. The molecule has 0 saturated heterocycles. The van der Waals surface area contributed by atoms with Gasteiger partial charge in [0, 0.05) is 0 Å². The van der Waals surface area contributed by atoms with E-state index in [2.05, 4.69) is 13.8 Å². The molecular weight excluding hydrogens is 150 g/mol. The van der Waals surface area contributed by atoms with E-state index in [1.807, 2.05) is 19.1 Å². The molecule has 0 saturated carbocycles. The van der Waals surface area contributed by atoms with Crippen LogP contribution in [0.1, 0.15) is 22.3 Å². The summed E-state index contributed by atoms with van der Waals surface area (Å²) in [5, 5.41) is 8.93. The molecule has 0 aliphatic rings. The van der Waals surface area contributed by atoms with Gasteiger partial charge in [-0.15, -0.1) is 0 Å². The minimum atomic E-state index is 0. The Morgan fingerprint density at radius 2 is 1.67 bits per heavy atom. The molecule has 2 nitrogen and oxygen atoms in total. The molecule has 0 heterocycles. The van der Waals surface area contributed by atoms with E-state index in [9.17, 15) is 0 Å². The van der Waals surface area contributed by atoms with Crippen LogP contribution in [-0.4, -0.2) is 5.11 Å². The van der Waals surface area contributed by atoms with Crippen LogP contribution in [0.5, 0.6) is 0 Å². The third-order valence-electron chi connectivity index (χ3n) is 2.34. The Bertz CT molecular complexity index is 269. The van der Waals surface area contributed by atoms with Gasteiger partial charge in [-0.3, -0.25) is 0 Å². The molecule has 0 amide bonds. The molecule has 0 spiro atoms. The molecule has 1 aromatic carbocycles. The van der Waals surface area contributed by atoms with Crippen molar-refractivity contribution in [3.05, 3.63) is 34.4 Å². The maximum Gasteiger partial charge on any atom is 0.0684 e.